The molecule has 6 nitrogen and oxygen atoms in total. The summed E-state index contributed by atoms with van der Waals surface area (Å²) in [5.41, 5.74) is 3.63. The molecule has 0 fully saturated rings. The van der Waals surface area contributed by atoms with Crippen LogP contribution in [-0.2, 0) is 0 Å². The molecule has 1 N–H and O–H groups in total. The maximum Gasteiger partial charge on any atom is 0.149 e. The molecule has 0 aliphatic carbocycles. The number of rotatable bonds is 0. The van der Waals surface area contributed by atoms with Gasteiger partial charge in [-0.1, -0.05) is 12.1 Å². The van der Waals surface area contributed by atoms with Gasteiger partial charge in [0, 0.05) is 11.6 Å². The highest BCUT2D eigenvalue weighted by atomic mass is 16.3. The highest BCUT2D eigenvalue weighted by molar-refractivity contribution is 5.94. The van der Waals surface area contributed by atoms with Crippen LogP contribution in [0, 0.1) is 0 Å². The van der Waals surface area contributed by atoms with E-state index in [4.69, 9.17) is 8.83 Å². The maximum absolute atomic E-state index is 5.68. The molecule has 6 heteroatoms. The third kappa shape index (κ3) is 3.32. The Labute approximate surface area is 142 Å². The molecule has 4 rings (SSSR count). The highest BCUT2D eigenvalue weighted by Gasteiger charge is 2.00. The number of H-pyrrole nitrogens is 1. The Morgan fingerprint density at radius 1 is 0.840 bits per heavy atom. The Hall–Kier alpha value is -3.67. The topological polar surface area (TPSA) is 80.7 Å². The molecular formula is C19H14N4O2. The van der Waals surface area contributed by atoms with Gasteiger partial charge in [-0.2, -0.15) is 0 Å². The summed E-state index contributed by atoms with van der Waals surface area (Å²) in [5.74, 6) is 0. The van der Waals surface area contributed by atoms with E-state index in [0.29, 0.717) is 16.8 Å². The lowest BCUT2D eigenvalue weighted by atomic mass is 10.2. The van der Waals surface area contributed by atoms with Crippen molar-refractivity contribution in [2.45, 2.75) is 0 Å². The van der Waals surface area contributed by atoms with Crippen LogP contribution in [0.15, 0.2) is 88.6 Å². The van der Waals surface area contributed by atoms with E-state index in [-0.39, 0.29) is 0 Å². The van der Waals surface area contributed by atoms with Crippen molar-refractivity contribution in [1.29, 1.82) is 0 Å². The summed E-state index contributed by atoms with van der Waals surface area (Å²) in [6.07, 6.45) is 7.77. The van der Waals surface area contributed by atoms with E-state index in [0.717, 1.165) is 16.4 Å². The first-order valence-electron chi connectivity index (χ1n) is 7.68. The monoisotopic (exact) mass is 330 g/mol. The molecule has 0 radical (unpaired) electrons. The van der Waals surface area contributed by atoms with Gasteiger partial charge in [0.05, 0.1) is 23.5 Å². The predicted molar refractivity (Wildman–Crippen MR) is 95.3 cm³/mol. The summed E-state index contributed by atoms with van der Waals surface area (Å²) >= 11 is 0. The third-order valence-corrected chi connectivity index (χ3v) is 3.54. The molecule has 2 aromatic heterocycles. The van der Waals surface area contributed by atoms with Crippen LogP contribution in [0.1, 0.15) is 0 Å². The van der Waals surface area contributed by atoms with E-state index < -0.39 is 0 Å². The Kier molecular flexibility index (Phi) is 4.07. The first-order valence-corrected chi connectivity index (χ1v) is 7.68. The van der Waals surface area contributed by atoms with Crippen molar-refractivity contribution >= 4 is 33.2 Å². The van der Waals surface area contributed by atoms with E-state index in [1.165, 1.54) is 12.6 Å². The third-order valence-electron chi connectivity index (χ3n) is 3.54. The number of para-hydroxylation sites is 2. The molecule has 0 spiro atoms. The number of nitrogens with one attached hydrogen (secondary N) is 1. The van der Waals surface area contributed by atoms with Crippen LogP contribution >= 0.6 is 0 Å². The minimum atomic E-state index is 0.672. The molecule has 122 valence electrons. The Morgan fingerprint density at radius 3 is 2.80 bits per heavy atom. The summed E-state index contributed by atoms with van der Waals surface area (Å²) in [5, 5.41) is 0.845. The van der Waals surface area contributed by atoms with Crippen LogP contribution < -0.4 is 0 Å². The molecule has 0 unspecified atom stereocenters. The minimum Gasteiger partial charge on any atom is -0.463 e. The van der Waals surface area contributed by atoms with Crippen molar-refractivity contribution in [3.05, 3.63) is 79.8 Å². The van der Waals surface area contributed by atoms with Gasteiger partial charge in [-0.25, -0.2) is 9.97 Å². The number of aromatic amines is 1. The van der Waals surface area contributed by atoms with Crippen molar-refractivity contribution in [3.63, 3.8) is 0 Å². The van der Waals surface area contributed by atoms with Gasteiger partial charge in [0.25, 0.3) is 0 Å². The first-order chi connectivity index (χ1) is 12.4. The second kappa shape index (κ2) is 6.84. The number of fused-ring (bicyclic) bond motifs is 2. The van der Waals surface area contributed by atoms with Gasteiger partial charge < -0.3 is 13.8 Å². The Bertz CT molecular complexity index is 1170. The zero-order chi connectivity index (χ0) is 16.9. The van der Waals surface area contributed by atoms with E-state index in [2.05, 4.69) is 19.9 Å². The summed E-state index contributed by atoms with van der Waals surface area (Å²) < 4.78 is 11.3. The SMILES string of the molecule is c1cnccoc2ccc3ncnc([nH]c4ccccc4oc1)c3c2. The van der Waals surface area contributed by atoms with Crippen molar-refractivity contribution in [2.24, 2.45) is 0 Å². The van der Waals surface area contributed by atoms with Crippen molar-refractivity contribution in [3.8, 4) is 0 Å². The molecule has 4 aromatic rings. The van der Waals surface area contributed by atoms with Gasteiger partial charge in [-0.05, 0) is 36.4 Å². The summed E-state index contributed by atoms with van der Waals surface area (Å²) in [6.45, 7) is 0. The number of hydrogen-bond donors (Lipinski definition) is 1. The molecule has 0 saturated heterocycles. The molecule has 25 heavy (non-hydrogen) atoms. The molecule has 2 bridgehead atoms. The summed E-state index contributed by atoms with van der Waals surface area (Å²) in [6, 6.07) is 14.9. The van der Waals surface area contributed by atoms with Gasteiger partial charge in [0.2, 0.25) is 0 Å². The smallest absolute Gasteiger partial charge is 0.149 e. The maximum atomic E-state index is 5.68. The zero-order valence-corrected chi connectivity index (χ0v) is 13.2. The van der Waals surface area contributed by atoms with Gasteiger partial charge in [0.15, 0.2) is 0 Å². The largest absolute Gasteiger partial charge is 0.463 e. The molecule has 0 amide bonds. The molecule has 2 aromatic carbocycles. The van der Waals surface area contributed by atoms with Crippen molar-refractivity contribution in [1.82, 2.24) is 19.9 Å². The van der Waals surface area contributed by atoms with E-state index >= 15 is 0 Å². The minimum absolute atomic E-state index is 0.672. The molecular weight excluding hydrogens is 316 g/mol. The van der Waals surface area contributed by atoms with Gasteiger partial charge >= 0.3 is 0 Å². The average Bonchev–Trinajstić information content (AvgIpc) is 2.65. The summed E-state index contributed by atoms with van der Waals surface area (Å²) in [4.78, 5) is 16.1. The van der Waals surface area contributed by atoms with Crippen molar-refractivity contribution < 1.29 is 8.83 Å². The molecule has 0 aliphatic rings. The normalized spacial score (nSPS) is 10.4. The Balaban J connectivity index is 2.18. The van der Waals surface area contributed by atoms with Gasteiger partial charge in [0.1, 0.15) is 29.4 Å². The fourth-order valence-electron chi connectivity index (χ4n) is 2.40. The van der Waals surface area contributed by atoms with Crippen LogP contribution in [0.4, 0.5) is 0 Å². The lowest BCUT2D eigenvalue weighted by Crippen LogP contribution is -1.86. The predicted octanol–water partition coefficient (Wildman–Crippen LogP) is 4.66. The second-order valence-corrected chi connectivity index (χ2v) is 5.17. The van der Waals surface area contributed by atoms with E-state index in [9.17, 15) is 0 Å². The first kappa shape index (κ1) is 14.9. The highest BCUT2D eigenvalue weighted by Crippen LogP contribution is 2.17. The lowest BCUT2D eigenvalue weighted by Gasteiger charge is -1.99. The lowest BCUT2D eigenvalue weighted by molar-refractivity contribution is 0.600. The number of benzene rings is 2. The number of nitrogens with zero attached hydrogens (tertiary/aromatic N) is 3. The van der Waals surface area contributed by atoms with Crippen LogP contribution in [0.5, 0.6) is 0 Å². The second-order valence-electron chi connectivity index (χ2n) is 5.17. The summed E-state index contributed by atoms with van der Waals surface area (Å²) in [7, 11) is 0. The van der Waals surface area contributed by atoms with Gasteiger partial charge in [-0.15, -0.1) is 0 Å². The average molecular weight is 330 g/mol. The van der Waals surface area contributed by atoms with Crippen LogP contribution in [-0.4, -0.2) is 19.9 Å². The van der Waals surface area contributed by atoms with Crippen LogP contribution in [0.2, 0.25) is 0 Å². The zero-order valence-electron chi connectivity index (χ0n) is 13.2. The standard InChI is InChI=1S/C19H14N4O2/c1-2-5-18-17(4-1)23-19-15-12-14(6-7-16(15)21-13-22-19)24-11-9-20-8-3-10-25-18/h1-13H,(H,21,22,23). The van der Waals surface area contributed by atoms with E-state index in [1.807, 2.05) is 42.5 Å². The molecule has 0 saturated carbocycles. The van der Waals surface area contributed by atoms with E-state index in [1.54, 1.807) is 24.7 Å². The number of hydrogen-bond acceptors (Lipinski definition) is 5. The quantitative estimate of drug-likeness (QED) is 0.507. The molecule has 0 atom stereocenters. The van der Waals surface area contributed by atoms with Crippen molar-refractivity contribution in [2.75, 3.05) is 0 Å². The van der Waals surface area contributed by atoms with Crippen LogP contribution in [0.3, 0.4) is 0 Å². The molecule has 2 heterocycles. The fourth-order valence-corrected chi connectivity index (χ4v) is 2.40. The Morgan fingerprint density at radius 2 is 1.80 bits per heavy atom. The molecule has 0 aliphatic heterocycles. The van der Waals surface area contributed by atoms with Gasteiger partial charge in [-0.3, -0.25) is 4.98 Å². The fraction of sp³-hybridized carbons (Fsp3) is 0. The number of aromatic nitrogens is 4. The van der Waals surface area contributed by atoms with Crippen LogP contribution in [0.25, 0.3) is 33.2 Å².